The molecular formula is C26H46O4. The van der Waals surface area contributed by atoms with Crippen molar-refractivity contribution in [2.75, 3.05) is 0 Å². The number of carboxylic acids is 1. The molecule has 2 fully saturated rings. The van der Waals surface area contributed by atoms with Crippen LogP contribution in [-0.4, -0.2) is 22.6 Å². The second-order valence-electron chi connectivity index (χ2n) is 9.98. The molecule has 2 rings (SSSR count). The van der Waals surface area contributed by atoms with E-state index < -0.39 is 5.97 Å². The van der Waals surface area contributed by atoms with E-state index in [1.165, 1.54) is 64.2 Å². The summed E-state index contributed by atoms with van der Waals surface area (Å²) in [5.74, 6) is -1.13. The fourth-order valence-corrected chi connectivity index (χ4v) is 5.41. The molecule has 174 valence electrons. The first-order valence-corrected chi connectivity index (χ1v) is 13.0. The molecule has 0 heterocycles. The molecular weight excluding hydrogens is 376 g/mol. The summed E-state index contributed by atoms with van der Waals surface area (Å²) in [7, 11) is 0. The number of carbonyl (C=O) groups excluding carboxylic acids is 1. The average molecular weight is 423 g/mol. The number of aliphatic carboxylic acids is 1. The van der Waals surface area contributed by atoms with Gasteiger partial charge in [-0.05, 0) is 64.2 Å². The summed E-state index contributed by atoms with van der Waals surface area (Å²) in [5.41, 5.74) is -0.237. The van der Waals surface area contributed by atoms with Gasteiger partial charge < -0.3 is 9.84 Å². The Morgan fingerprint density at radius 1 is 0.767 bits per heavy atom. The lowest BCUT2D eigenvalue weighted by atomic mass is 9.79. The maximum Gasteiger partial charge on any atom is 0.309 e. The van der Waals surface area contributed by atoms with Crippen LogP contribution in [0.25, 0.3) is 0 Å². The smallest absolute Gasteiger partial charge is 0.309 e. The van der Waals surface area contributed by atoms with E-state index in [1.807, 2.05) is 0 Å². The Morgan fingerprint density at radius 3 is 1.80 bits per heavy atom. The molecule has 2 aliphatic carbocycles. The Balaban J connectivity index is 1.67. The fraction of sp³-hybridized carbons (Fsp3) is 0.923. The lowest BCUT2D eigenvalue weighted by Gasteiger charge is -2.38. The molecule has 0 spiro atoms. The minimum absolute atomic E-state index is 0.0483. The molecule has 0 aromatic carbocycles. The molecule has 0 aromatic rings. The van der Waals surface area contributed by atoms with Crippen molar-refractivity contribution in [1.82, 2.24) is 0 Å². The number of carboxylic acid groups (broad SMARTS) is 1. The molecule has 0 amide bonds. The second kappa shape index (κ2) is 14.1. The largest absolute Gasteiger partial charge is 0.481 e. The summed E-state index contributed by atoms with van der Waals surface area (Å²) in [5, 5.41) is 9.17. The van der Waals surface area contributed by atoms with Crippen molar-refractivity contribution in [1.29, 1.82) is 0 Å². The zero-order valence-corrected chi connectivity index (χ0v) is 19.5. The number of hydrogen-bond acceptors (Lipinski definition) is 3. The molecule has 0 bridgehead atoms. The number of unbranched alkanes of at least 4 members (excludes halogenated alkanes) is 9. The third-order valence-electron chi connectivity index (χ3n) is 7.48. The van der Waals surface area contributed by atoms with Crippen LogP contribution in [-0.2, 0) is 14.3 Å². The van der Waals surface area contributed by atoms with E-state index in [-0.39, 0.29) is 23.4 Å². The third kappa shape index (κ3) is 8.98. The van der Waals surface area contributed by atoms with Crippen molar-refractivity contribution in [3.8, 4) is 0 Å². The minimum atomic E-state index is -0.716. The monoisotopic (exact) mass is 422 g/mol. The van der Waals surface area contributed by atoms with E-state index in [2.05, 4.69) is 6.92 Å². The molecule has 0 unspecified atom stereocenters. The Labute approximate surface area is 184 Å². The molecule has 30 heavy (non-hydrogen) atoms. The van der Waals surface area contributed by atoms with Crippen molar-refractivity contribution < 1.29 is 19.4 Å². The molecule has 0 saturated heterocycles. The van der Waals surface area contributed by atoms with E-state index in [0.29, 0.717) is 25.7 Å². The van der Waals surface area contributed by atoms with E-state index in [9.17, 15) is 14.7 Å². The standard InChI is InChI=1S/C26H46O4/c1-2-3-4-5-6-7-8-9-10-12-19-26(20-13-11-14-21-26)30-25(29)23-17-15-22(16-18-23)24(27)28/h22-23H,2-21H2,1H3,(H,27,28). The van der Waals surface area contributed by atoms with Gasteiger partial charge in [-0.15, -0.1) is 0 Å². The molecule has 2 aliphatic rings. The minimum Gasteiger partial charge on any atom is -0.481 e. The zero-order valence-electron chi connectivity index (χ0n) is 19.5. The lowest BCUT2D eigenvalue weighted by molar-refractivity contribution is -0.172. The zero-order chi connectivity index (χ0) is 21.7. The summed E-state index contributed by atoms with van der Waals surface area (Å²) in [4.78, 5) is 24.0. The van der Waals surface area contributed by atoms with Gasteiger partial charge in [-0.25, -0.2) is 0 Å². The number of carbonyl (C=O) groups is 2. The first-order chi connectivity index (χ1) is 14.6. The second-order valence-corrected chi connectivity index (χ2v) is 9.98. The maximum absolute atomic E-state index is 12.9. The molecule has 0 atom stereocenters. The molecule has 0 aromatic heterocycles. The molecule has 2 saturated carbocycles. The Morgan fingerprint density at radius 2 is 1.27 bits per heavy atom. The highest BCUT2D eigenvalue weighted by Gasteiger charge is 2.38. The summed E-state index contributed by atoms with van der Waals surface area (Å²) < 4.78 is 6.21. The van der Waals surface area contributed by atoms with Gasteiger partial charge in [0.25, 0.3) is 0 Å². The van der Waals surface area contributed by atoms with Crippen molar-refractivity contribution in [3.05, 3.63) is 0 Å². The molecule has 4 nitrogen and oxygen atoms in total. The van der Waals surface area contributed by atoms with Crippen LogP contribution >= 0.6 is 0 Å². The summed E-state index contributed by atoms with van der Waals surface area (Å²) in [6.07, 6.45) is 22.5. The third-order valence-corrected chi connectivity index (χ3v) is 7.48. The summed E-state index contributed by atoms with van der Waals surface area (Å²) in [6, 6.07) is 0. The van der Waals surface area contributed by atoms with Crippen molar-refractivity contribution >= 4 is 11.9 Å². The van der Waals surface area contributed by atoms with Gasteiger partial charge in [0, 0.05) is 0 Å². The number of hydrogen-bond donors (Lipinski definition) is 1. The Bertz CT molecular complexity index is 487. The van der Waals surface area contributed by atoms with Gasteiger partial charge in [0.2, 0.25) is 0 Å². The molecule has 4 heteroatoms. The number of rotatable bonds is 14. The van der Waals surface area contributed by atoms with Crippen LogP contribution in [0, 0.1) is 11.8 Å². The SMILES string of the molecule is CCCCCCCCCCCCC1(OC(=O)C2CCC(C(=O)O)CC2)CCCCC1. The first kappa shape index (κ1) is 25.2. The quantitative estimate of drug-likeness (QED) is 0.233. The predicted molar refractivity (Wildman–Crippen MR) is 121 cm³/mol. The van der Waals surface area contributed by atoms with Crippen molar-refractivity contribution in [3.63, 3.8) is 0 Å². The molecule has 1 N–H and O–H groups in total. The van der Waals surface area contributed by atoms with Gasteiger partial charge in [0.15, 0.2) is 0 Å². The van der Waals surface area contributed by atoms with Crippen LogP contribution in [0.1, 0.15) is 135 Å². The van der Waals surface area contributed by atoms with E-state index in [0.717, 1.165) is 38.5 Å². The van der Waals surface area contributed by atoms with E-state index in [4.69, 9.17) is 4.74 Å². The summed E-state index contributed by atoms with van der Waals surface area (Å²) in [6.45, 7) is 2.26. The van der Waals surface area contributed by atoms with E-state index >= 15 is 0 Å². The van der Waals surface area contributed by atoms with Crippen LogP contribution in [0.5, 0.6) is 0 Å². The average Bonchev–Trinajstić information content (AvgIpc) is 2.75. The van der Waals surface area contributed by atoms with Gasteiger partial charge in [-0.2, -0.15) is 0 Å². The van der Waals surface area contributed by atoms with Crippen LogP contribution in [0.3, 0.4) is 0 Å². The molecule has 0 radical (unpaired) electrons. The Hall–Kier alpha value is -1.06. The van der Waals surface area contributed by atoms with Crippen molar-refractivity contribution in [2.24, 2.45) is 11.8 Å². The normalized spacial score (nSPS) is 23.8. The van der Waals surface area contributed by atoms with Gasteiger partial charge >= 0.3 is 11.9 Å². The van der Waals surface area contributed by atoms with E-state index in [1.54, 1.807) is 0 Å². The summed E-state index contributed by atoms with van der Waals surface area (Å²) >= 11 is 0. The lowest BCUT2D eigenvalue weighted by Crippen LogP contribution is -2.40. The predicted octanol–water partition coefficient (Wildman–Crippen LogP) is 7.43. The van der Waals surface area contributed by atoms with Crippen LogP contribution < -0.4 is 0 Å². The highest BCUT2D eigenvalue weighted by Crippen LogP contribution is 2.38. The highest BCUT2D eigenvalue weighted by molar-refractivity contribution is 5.74. The highest BCUT2D eigenvalue weighted by atomic mass is 16.6. The van der Waals surface area contributed by atoms with Gasteiger partial charge in [-0.1, -0.05) is 71.1 Å². The fourth-order valence-electron chi connectivity index (χ4n) is 5.41. The van der Waals surface area contributed by atoms with Crippen LogP contribution in [0.4, 0.5) is 0 Å². The van der Waals surface area contributed by atoms with Crippen LogP contribution in [0.2, 0.25) is 0 Å². The van der Waals surface area contributed by atoms with Crippen molar-refractivity contribution in [2.45, 2.75) is 141 Å². The first-order valence-electron chi connectivity index (χ1n) is 13.0. The van der Waals surface area contributed by atoms with Gasteiger partial charge in [0.05, 0.1) is 11.8 Å². The number of esters is 1. The van der Waals surface area contributed by atoms with Gasteiger partial charge in [-0.3, -0.25) is 9.59 Å². The molecule has 0 aliphatic heterocycles. The van der Waals surface area contributed by atoms with Gasteiger partial charge in [0.1, 0.15) is 5.60 Å². The maximum atomic E-state index is 12.9. The Kier molecular flexibility index (Phi) is 11.8. The number of ether oxygens (including phenoxy) is 1. The van der Waals surface area contributed by atoms with Crippen LogP contribution in [0.15, 0.2) is 0 Å². The topological polar surface area (TPSA) is 63.6 Å².